The first-order valence-electron chi connectivity index (χ1n) is 10.6. The molecule has 1 N–H and O–H groups in total. The number of amides is 1. The van der Waals surface area contributed by atoms with Crippen LogP contribution in [0.15, 0.2) is 23.4 Å². The van der Waals surface area contributed by atoms with Crippen LogP contribution < -0.4 is 5.32 Å². The number of fused-ring (bicyclic) bond motifs is 1. The van der Waals surface area contributed by atoms with Gasteiger partial charge in [-0.1, -0.05) is 28.4 Å². The summed E-state index contributed by atoms with van der Waals surface area (Å²) in [6.07, 6.45) is -8.63. The van der Waals surface area contributed by atoms with E-state index in [4.69, 9.17) is 28.0 Å². The number of carbonyl (C=O) groups is 1. The Morgan fingerprint density at radius 2 is 1.69 bits per heavy atom. The lowest BCUT2D eigenvalue weighted by atomic mass is 9.85. The normalized spacial score (nSPS) is 20.3. The smallest absolute Gasteiger partial charge is 0.374 e. The monoisotopic (exact) mass is 558 g/mol. The Morgan fingerprint density at radius 3 is 2.29 bits per heavy atom. The van der Waals surface area contributed by atoms with Gasteiger partial charge in [0.25, 0.3) is 11.5 Å². The van der Waals surface area contributed by atoms with Crippen molar-refractivity contribution in [2.45, 2.75) is 56.5 Å². The van der Waals surface area contributed by atoms with E-state index < -0.39 is 43.2 Å². The Kier molecular flexibility index (Phi) is 7.07. The summed E-state index contributed by atoms with van der Waals surface area (Å²) >= 11 is 12.8. The molecule has 1 aromatic heterocycles. The molecule has 1 aromatic carbocycles. The summed E-state index contributed by atoms with van der Waals surface area (Å²) in [7, 11) is 0. The van der Waals surface area contributed by atoms with E-state index in [-0.39, 0.29) is 26.2 Å². The zero-order valence-electron chi connectivity index (χ0n) is 17.9. The van der Waals surface area contributed by atoms with E-state index in [0.29, 0.717) is 28.8 Å². The third-order valence-corrected chi connectivity index (χ3v) is 7.66. The number of hydrogen-bond donors (Lipinski definition) is 1. The van der Waals surface area contributed by atoms with Crippen molar-refractivity contribution in [3.8, 4) is 0 Å². The standard InChI is InChI=1S/C22H18Cl2F6N2O2S/c23-12-7-11(8-13(24)9-12)20(22(28,29)30)10-16(32-34-20)17-14-3-1-2-4-15(14)18(35-17)19(33)31-6-5-21(25,26)27/h7-9H,1-6,10H2,(H,31,33). The lowest BCUT2D eigenvalue weighted by molar-refractivity contribution is -0.275. The molecule has 0 fully saturated rings. The van der Waals surface area contributed by atoms with Crippen molar-refractivity contribution in [1.29, 1.82) is 0 Å². The van der Waals surface area contributed by atoms with E-state index in [0.717, 1.165) is 36.3 Å². The molecular formula is C22H18Cl2F6N2O2S. The van der Waals surface area contributed by atoms with Crippen molar-refractivity contribution in [2.75, 3.05) is 6.54 Å². The molecule has 2 aromatic rings. The number of nitrogens with one attached hydrogen (secondary N) is 1. The number of nitrogens with zero attached hydrogens (tertiary/aromatic N) is 1. The van der Waals surface area contributed by atoms with E-state index in [1.807, 2.05) is 0 Å². The summed E-state index contributed by atoms with van der Waals surface area (Å²) in [6, 6.07) is 3.53. The Balaban J connectivity index is 1.67. The fourth-order valence-electron chi connectivity index (χ4n) is 4.26. The van der Waals surface area contributed by atoms with Gasteiger partial charge in [-0.3, -0.25) is 4.79 Å². The molecule has 4 rings (SSSR count). The quantitative estimate of drug-likeness (QED) is 0.394. The molecule has 0 saturated heterocycles. The molecule has 4 nitrogen and oxygen atoms in total. The van der Waals surface area contributed by atoms with E-state index in [2.05, 4.69) is 10.5 Å². The van der Waals surface area contributed by atoms with Crippen molar-refractivity contribution < 1.29 is 36.0 Å². The summed E-state index contributed by atoms with van der Waals surface area (Å²) in [5.74, 6) is -0.688. The number of rotatable bonds is 5. The number of benzene rings is 1. The molecular weight excluding hydrogens is 541 g/mol. The van der Waals surface area contributed by atoms with Crippen LogP contribution in [0.1, 0.15) is 56.9 Å². The third kappa shape index (κ3) is 5.27. The second kappa shape index (κ2) is 9.48. The molecule has 1 atom stereocenters. The molecule has 0 spiro atoms. The Morgan fingerprint density at radius 1 is 1.06 bits per heavy atom. The van der Waals surface area contributed by atoms with E-state index in [1.54, 1.807) is 0 Å². The van der Waals surface area contributed by atoms with Crippen molar-refractivity contribution >= 4 is 46.2 Å². The Labute approximate surface area is 210 Å². The van der Waals surface area contributed by atoms with Crippen LogP contribution in [0.3, 0.4) is 0 Å². The first-order chi connectivity index (χ1) is 16.3. The minimum absolute atomic E-state index is 0.000470. The highest BCUT2D eigenvalue weighted by molar-refractivity contribution is 7.16. The lowest BCUT2D eigenvalue weighted by Gasteiger charge is -2.29. The van der Waals surface area contributed by atoms with Gasteiger partial charge >= 0.3 is 12.4 Å². The lowest BCUT2D eigenvalue weighted by Crippen LogP contribution is -2.42. The van der Waals surface area contributed by atoms with Gasteiger partial charge in [0.1, 0.15) is 5.71 Å². The first kappa shape index (κ1) is 26.1. The van der Waals surface area contributed by atoms with Gasteiger partial charge in [0.15, 0.2) is 0 Å². The van der Waals surface area contributed by atoms with Gasteiger partial charge in [0.2, 0.25) is 0 Å². The molecule has 1 aliphatic heterocycles. The number of oxime groups is 1. The number of halogens is 8. The highest BCUT2D eigenvalue weighted by Gasteiger charge is 2.62. The zero-order chi connectivity index (χ0) is 25.6. The van der Waals surface area contributed by atoms with Gasteiger partial charge in [0, 0.05) is 22.2 Å². The molecule has 13 heteroatoms. The second-order valence-corrected chi connectivity index (χ2v) is 10.2. The molecule has 0 bridgehead atoms. The maximum Gasteiger partial charge on any atom is 0.435 e. The molecule has 190 valence electrons. The molecule has 1 amide bonds. The zero-order valence-corrected chi connectivity index (χ0v) is 20.2. The summed E-state index contributed by atoms with van der Waals surface area (Å²) in [5.41, 5.74) is -1.80. The molecule has 35 heavy (non-hydrogen) atoms. The van der Waals surface area contributed by atoms with Gasteiger partial charge in [-0.2, -0.15) is 26.3 Å². The molecule has 1 aliphatic carbocycles. The summed E-state index contributed by atoms with van der Waals surface area (Å²) in [5, 5.41) is 6.04. The van der Waals surface area contributed by atoms with E-state index in [1.165, 1.54) is 6.07 Å². The minimum atomic E-state index is -4.87. The van der Waals surface area contributed by atoms with Crippen LogP contribution in [0.4, 0.5) is 26.3 Å². The van der Waals surface area contributed by atoms with Crippen molar-refractivity contribution in [1.82, 2.24) is 5.32 Å². The topological polar surface area (TPSA) is 50.7 Å². The summed E-state index contributed by atoms with van der Waals surface area (Å²) in [6.45, 7) is -0.596. The van der Waals surface area contributed by atoms with Crippen molar-refractivity contribution in [3.63, 3.8) is 0 Å². The van der Waals surface area contributed by atoms with Gasteiger partial charge in [0.05, 0.1) is 22.6 Å². The number of carbonyl (C=O) groups excluding carboxylic acids is 1. The number of thiophene rings is 1. The van der Waals surface area contributed by atoms with Gasteiger partial charge in [-0.15, -0.1) is 11.3 Å². The fourth-order valence-corrected chi connectivity index (χ4v) is 6.08. The fraction of sp³-hybridized carbons (Fsp3) is 0.455. The molecule has 2 heterocycles. The second-order valence-electron chi connectivity index (χ2n) is 8.33. The highest BCUT2D eigenvalue weighted by atomic mass is 35.5. The SMILES string of the molecule is O=C(NCCC(F)(F)F)c1sc(C2=NOC(c3cc(Cl)cc(Cl)c3)(C(F)(F)F)C2)c2c1CCCC2. The van der Waals surface area contributed by atoms with Crippen LogP contribution in [-0.2, 0) is 23.3 Å². The molecule has 0 radical (unpaired) electrons. The number of alkyl halides is 6. The molecule has 1 unspecified atom stereocenters. The van der Waals surface area contributed by atoms with Crippen LogP contribution in [0.25, 0.3) is 0 Å². The first-order valence-corrected chi connectivity index (χ1v) is 12.2. The predicted octanol–water partition coefficient (Wildman–Crippen LogP) is 7.20. The Bertz CT molecular complexity index is 1160. The average Bonchev–Trinajstić information content (AvgIpc) is 3.35. The van der Waals surface area contributed by atoms with Crippen LogP contribution in [0, 0.1) is 0 Å². The summed E-state index contributed by atoms with van der Waals surface area (Å²) in [4.78, 5) is 18.3. The van der Waals surface area contributed by atoms with Crippen LogP contribution in [-0.4, -0.2) is 30.5 Å². The maximum atomic E-state index is 14.3. The molecule has 2 aliphatic rings. The summed E-state index contributed by atoms with van der Waals surface area (Å²) < 4.78 is 80.4. The average molecular weight is 559 g/mol. The minimum Gasteiger partial charge on any atom is -0.374 e. The predicted molar refractivity (Wildman–Crippen MR) is 120 cm³/mol. The highest BCUT2D eigenvalue weighted by Crippen LogP contribution is 2.51. The third-order valence-electron chi connectivity index (χ3n) is 5.90. The Hall–Kier alpha value is -1.98. The largest absolute Gasteiger partial charge is 0.435 e. The van der Waals surface area contributed by atoms with Gasteiger partial charge < -0.3 is 10.2 Å². The number of hydrogen-bond acceptors (Lipinski definition) is 4. The van der Waals surface area contributed by atoms with Crippen molar-refractivity contribution in [3.05, 3.63) is 54.7 Å². The van der Waals surface area contributed by atoms with E-state index in [9.17, 15) is 31.1 Å². The van der Waals surface area contributed by atoms with E-state index >= 15 is 0 Å². The van der Waals surface area contributed by atoms with Gasteiger partial charge in [-0.05, 0) is 55.0 Å². The molecule has 0 saturated carbocycles. The maximum absolute atomic E-state index is 14.3. The van der Waals surface area contributed by atoms with Crippen molar-refractivity contribution in [2.24, 2.45) is 5.16 Å². The van der Waals surface area contributed by atoms with Crippen LogP contribution in [0.5, 0.6) is 0 Å². The van der Waals surface area contributed by atoms with Gasteiger partial charge in [-0.25, -0.2) is 0 Å². The van der Waals surface area contributed by atoms with Crippen LogP contribution in [0.2, 0.25) is 10.0 Å². The van der Waals surface area contributed by atoms with Crippen LogP contribution >= 0.6 is 34.5 Å².